The molecule has 2 aromatic rings. The van der Waals surface area contributed by atoms with Gasteiger partial charge in [-0.05, 0) is 26.8 Å². The zero-order valence-corrected chi connectivity index (χ0v) is 15.3. The number of H-pyrrole nitrogens is 1. The Hall–Kier alpha value is -2.90. The third-order valence-electron chi connectivity index (χ3n) is 4.44. The molecule has 0 saturated carbocycles. The van der Waals surface area contributed by atoms with E-state index in [0.717, 1.165) is 0 Å². The second-order valence-electron chi connectivity index (χ2n) is 6.79. The lowest BCUT2D eigenvalue weighted by atomic mass is 10.2. The van der Waals surface area contributed by atoms with E-state index in [-0.39, 0.29) is 23.9 Å². The van der Waals surface area contributed by atoms with Crippen LogP contribution in [0.3, 0.4) is 0 Å². The normalized spacial score (nSPS) is 17.6. The molecule has 2 aromatic heterocycles. The lowest BCUT2D eigenvalue weighted by Crippen LogP contribution is -2.53. The average molecular weight is 356 g/mol. The molecule has 1 saturated heterocycles. The molecule has 1 fully saturated rings. The third-order valence-corrected chi connectivity index (χ3v) is 4.44. The average Bonchev–Trinajstić information content (AvgIpc) is 3.03. The molecule has 8 nitrogen and oxygen atoms in total. The van der Waals surface area contributed by atoms with Gasteiger partial charge in [0.25, 0.3) is 5.91 Å². The number of rotatable bonds is 4. The number of nitrogens with one attached hydrogen (secondary N) is 2. The van der Waals surface area contributed by atoms with Crippen LogP contribution in [0.4, 0.5) is 5.82 Å². The lowest BCUT2D eigenvalue weighted by Gasteiger charge is -2.39. The molecular weight excluding hydrogens is 332 g/mol. The number of nitrogens with zero attached hydrogens (tertiary/aromatic N) is 4. The molecule has 1 aliphatic rings. The van der Waals surface area contributed by atoms with Crippen LogP contribution in [0.15, 0.2) is 25.0 Å². The van der Waals surface area contributed by atoms with Gasteiger partial charge in [-0.25, -0.2) is 9.97 Å². The number of anilines is 1. The number of hydrogen-bond donors (Lipinski definition) is 2. The van der Waals surface area contributed by atoms with Crippen LogP contribution in [0.5, 0.6) is 0 Å². The summed E-state index contributed by atoms with van der Waals surface area (Å²) in [5.74, 6) is 0.470. The van der Waals surface area contributed by atoms with E-state index < -0.39 is 0 Å². The van der Waals surface area contributed by atoms with Gasteiger partial charge in [0.1, 0.15) is 11.3 Å². The monoisotopic (exact) mass is 356 g/mol. The summed E-state index contributed by atoms with van der Waals surface area (Å²) in [5, 5.41) is 2.87. The van der Waals surface area contributed by atoms with Gasteiger partial charge in [-0.3, -0.25) is 9.59 Å². The maximum atomic E-state index is 12.4. The second-order valence-corrected chi connectivity index (χ2v) is 6.79. The summed E-state index contributed by atoms with van der Waals surface area (Å²) in [4.78, 5) is 40.2. The van der Waals surface area contributed by atoms with Gasteiger partial charge in [-0.1, -0.05) is 6.58 Å². The highest BCUT2D eigenvalue weighted by molar-refractivity contribution is 6.04. The minimum atomic E-state index is -0.174. The molecule has 1 atom stereocenters. The Bertz CT molecular complexity index is 843. The third kappa shape index (κ3) is 3.40. The van der Waals surface area contributed by atoms with Crippen molar-refractivity contribution in [3.8, 4) is 0 Å². The first-order chi connectivity index (χ1) is 12.4. The highest BCUT2D eigenvalue weighted by Crippen LogP contribution is 2.21. The predicted octanol–water partition coefficient (Wildman–Crippen LogP) is 1.32. The van der Waals surface area contributed by atoms with Crippen LogP contribution < -0.4 is 10.2 Å². The largest absolute Gasteiger partial charge is 0.351 e. The van der Waals surface area contributed by atoms with Crippen LogP contribution in [0.25, 0.3) is 11.2 Å². The van der Waals surface area contributed by atoms with Gasteiger partial charge in [0.2, 0.25) is 5.91 Å². The van der Waals surface area contributed by atoms with Crippen LogP contribution in [-0.4, -0.2) is 63.4 Å². The van der Waals surface area contributed by atoms with Crippen molar-refractivity contribution in [2.24, 2.45) is 0 Å². The smallest absolute Gasteiger partial charge is 0.255 e. The van der Waals surface area contributed by atoms with Crippen molar-refractivity contribution in [1.82, 2.24) is 25.2 Å². The van der Waals surface area contributed by atoms with Gasteiger partial charge in [0.15, 0.2) is 5.65 Å². The molecule has 2 amide bonds. The molecule has 0 spiro atoms. The first-order valence-electron chi connectivity index (χ1n) is 8.73. The predicted molar refractivity (Wildman–Crippen MR) is 100 cm³/mol. The number of amides is 2. The first-order valence-corrected chi connectivity index (χ1v) is 8.73. The molecule has 138 valence electrons. The molecule has 0 radical (unpaired) electrons. The fraction of sp³-hybridized carbons (Fsp3) is 0.444. The van der Waals surface area contributed by atoms with Gasteiger partial charge in [-0.15, -0.1) is 0 Å². The maximum absolute atomic E-state index is 12.4. The molecule has 1 aliphatic heterocycles. The van der Waals surface area contributed by atoms with Gasteiger partial charge in [-0.2, -0.15) is 0 Å². The van der Waals surface area contributed by atoms with E-state index in [1.165, 1.54) is 6.08 Å². The number of carbonyl (C=O) groups is 2. The maximum Gasteiger partial charge on any atom is 0.255 e. The number of aromatic nitrogens is 3. The summed E-state index contributed by atoms with van der Waals surface area (Å²) in [5.41, 5.74) is 1.62. The fourth-order valence-electron chi connectivity index (χ4n) is 3.16. The topological polar surface area (TPSA) is 94.2 Å². The number of aromatic amines is 1. The Kier molecular flexibility index (Phi) is 4.92. The number of carbonyl (C=O) groups excluding carboxylic acids is 2. The Labute approximate surface area is 152 Å². The van der Waals surface area contributed by atoms with E-state index >= 15 is 0 Å². The van der Waals surface area contributed by atoms with Gasteiger partial charge >= 0.3 is 0 Å². The van der Waals surface area contributed by atoms with E-state index in [1.54, 1.807) is 17.3 Å². The minimum Gasteiger partial charge on any atom is -0.351 e. The summed E-state index contributed by atoms with van der Waals surface area (Å²) in [7, 11) is 0. The second kappa shape index (κ2) is 7.15. The molecular formula is C18H24N6O2. The molecule has 8 heteroatoms. The highest BCUT2D eigenvalue weighted by Gasteiger charge is 2.27. The van der Waals surface area contributed by atoms with Crippen LogP contribution >= 0.6 is 0 Å². The van der Waals surface area contributed by atoms with E-state index in [0.29, 0.717) is 42.2 Å². The van der Waals surface area contributed by atoms with Gasteiger partial charge in [0.05, 0.1) is 11.8 Å². The molecule has 3 rings (SSSR count). The number of hydrogen-bond acceptors (Lipinski definition) is 5. The quantitative estimate of drug-likeness (QED) is 0.806. The van der Waals surface area contributed by atoms with Crippen LogP contribution in [-0.2, 0) is 4.79 Å². The number of piperazine rings is 1. The molecule has 0 aliphatic carbocycles. The Balaban J connectivity index is 1.84. The zero-order valence-electron chi connectivity index (χ0n) is 15.3. The van der Waals surface area contributed by atoms with E-state index in [1.807, 2.05) is 20.8 Å². The van der Waals surface area contributed by atoms with Crippen molar-refractivity contribution in [2.45, 2.75) is 32.9 Å². The van der Waals surface area contributed by atoms with Gasteiger partial charge < -0.3 is 20.1 Å². The van der Waals surface area contributed by atoms with Crippen molar-refractivity contribution in [2.75, 3.05) is 24.5 Å². The highest BCUT2D eigenvalue weighted by atomic mass is 16.2. The lowest BCUT2D eigenvalue weighted by molar-refractivity contribution is -0.128. The van der Waals surface area contributed by atoms with Crippen molar-refractivity contribution in [3.63, 3.8) is 0 Å². The van der Waals surface area contributed by atoms with E-state index in [2.05, 4.69) is 31.7 Å². The van der Waals surface area contributed by atoms with Crippen LogP contribution in [0.1, 0.15) is 31.1 Å². The zero-order chi connectivity index (χ0) is 18.8. The molecule has 0 unspecified atom stereocenters. The summed E-state index contributed by atoms with van der Waals surface area (Å²) >= 11 is 0. The van der Waals surface area contributed by atoms with Crippen molar-refractivity contribution in [3.05, 3.63) is 30.6 Å². The SMILES string of the molecule is C=CC(=O)N1CCN(c2cnc3[nH]cc(C(=O)NC(C)C)c3n2)C[C@@H]1C. The van der Waals surface area contributed by atoms with E-state index in [4.69, 9.17) is 0 Å². The Morgan fingerprint density at radius 1 is 1.42 bits per heavy atom. The molecule has 0 aromatic carbocycles. The van der Waals surface area contributed by atoms with Crippen molar-refractivity contribution >= 4 is 28.8 Å². The standard InChI is InChI=1S/C18H24N6O2/c1-5-15(25)24-7-6-23(10-12(24)4)14-9-20-17-16(22-14)13(8-19-17)18(26)21-11(2)3/h5,8-9,11-12H,1,6-7,10H2,2-4H3,(H,19,20)(H,21,26)/t12-/m0/s1. The summed E-state index contributed by atoms with van der Waals surface area (Å²) in [6.07, 6.45) is 4.67. The van der Waals surface area contributed by atoms with Crippen molar-refractivity contribution in [1.29, 1.82) is 0 Å². The summed E-state index contributed by atoms with van der Waals surface area (Å²) in [6.45, 7) is 11.3. The molecule has 2 N–H and O–H groups in total. The van der Waals surface area contributed by atoms with Crippen LogP contribution in [0.2, 0.25) is 0 Å². The fourth-order valence-corrected chi connectivity index (χ4v) is 3.16. The number of fused-ring (bicyclic) bond motifs is 1. The molecule has 0 bridgehead atoms. The van der Waals surface area contributed by atoms with Crippen molar-refractivity contribution < 1.29 is 9.59 Å². The summed E-state index contributed by atoms with van der Waals surface area (Å²) in [6, 6.07) is 0.0848. The van der Waals surface area contributed by atoms with Crippen LogP contribution in [0, 0.1) is 0 Å². The molecule has 26 heavy (non-hydrogen) atoms. The Morgan fingerprint density at radius 3 is 2.85 bits per heavy atom. The minimum absolute atomic E-state index is 0.0416. The van der Waals surface area contributed by atoms with E-state index in [9.17, 15) is 9.59 Å². The Morgan fingerprint density at radius 2 is 2.19 bits per heavy atom. The first kappa shape index (κ1) is 17.9. The molecule has 3 heterocycles. The summed E-state index contributed by atoms with van der Waals surface area (Å²) < 4.78 is 0. The van der Waals surface area contributed by atoms with Gasteiger partial charge in [0, 0.05) is 37.9 Å².